The number of benzene rings is 2. The van der Waals surface area contributed by atoms with E-state index in [2.05, 4.69) is 0 Å². The van der Waals surface area contributed by atoms with Crippen LogP contribution in [0.15, 0.2) is 71.1 Å². The Labute approximate surface area is 152 Å². The number of ether oxygens (including phenoxy) is 1. The molecule has 0 unspecified atom stereocenters. The molecule has 0 saturated carbocycles. The molecule has 0 spiro atoms. The van der Waals surface area contributed by atoms with Gasteiger partial charge >= 0.3 is 5.97 Å². The molecule has 0 amide bonds. The predicted molar refractivity (Wildman–Crippen MR) is 103 cm³/mol. The summed E-state index contributed by atoms with van der Waals surface area (Å²) in [6.07, 6.45) is 5.71. The van der Waals surface area contributed by atoms with Gasteiger partial charge in [0.25, 0.3) is 0 Å². The Hall–Kier alpha value is -2.77. The number of allylic oxidation sites excluding steroid dienone is 2. The summed E-state index contributed by atoms with van der Waals surface area (Å²) in [6.45, 7) is 1.95. The SMILES string of the molecule is CCOC(=O)C(C#N)=C(C=Cc1ccc(SC)cc1)c1ccccc1. The molecule has 2 aromatic carbocycles. The first-order chi connectivity index (χ1) is 12.2. The lowest BCUT2D eigenvalue weighted by Gasteiger charge is -2.07. The van der Waals surface area contributed by atoms with Crippen LogP contribution in [-0.4, -0.2) is 18.8 Å². The van der Waals surface area contributed by atoms with Crippen molar-refractivity contribution in [2.75, 3.05) is 12.9 Å². The molecule has 4 heteroatoms. The van der Waals surface area contributed by atoms with Crippen LogP contribution >= 0.6 is 11.8 Å². The van der Waals surface area contributed by atoms with Crippen molar-refractivity contribution in [3.05, 3.63) is 77.4 Å². The van der Waals surface area contributed by atoms with Crippen LogP contribution in [0, 0.1) is 11.3 Å². The van der Waals surface area contributed by atoms with Crippen LogP contribution in [0.5, 0.6) is 0 Å². The van der Waals surface area contributed by atoms with Gasteiger partial charge in [-0.2, -0.15) is 5.26 Å². The molecule has 0 aliphatic carbocycles. The van der Waals surface area contributed by atoms with Gasteiger partial charge in [-0.05, 0) is 36.4 Å². The standard InChI is InChI=1S/C21H19NO2S/c1-3-24-21(23)20(15-22)19(17-7-5-4-6-8-17)14-11-16-9-12-18(25-2)13-10-16/h4-14H,3H2,1-2H3. The first kappa shape index (κ1) is 18.6. The third-order valence-corrected chi connectivity index (χ3v) is 4.25. The minimum Gasteiger partial charge on any atom is -0.462 e. The van der Waals surface area contributed by atoms with Crippen molar-refractivity contribution in [3.63, 3.8) is 0 Å². The van der Waals surface area contributed by atoms with E-state index in [1.54, 1.807) is 24.8 Å². The quantitative estimate of drug-likeness (QED) is 0.243. The van der Waals surface area contributed by atoms with E-state index in [0.717, 1.165) is 11.1 Å². The molecule has 25 heavy (non-hydrogen) atoms. The summed E-state index contributed by atoms with van der Waals surface area (Å²) in [5, 5.41) is 9.47. The summed E-state index contributed by atoms with van der Waals surface area (Å²) in [6, 6.07) is 19.4. The highest BCUT2D eigenvalue weighted by molar-refractivity contribution is 7.98. The van der Waals surface area contributed by atoms with Crippen LogP contribution in [-0.2, 0) is 9.53 Å². The Morgan fingerprint density at radius 3 is 2.40 bits per heavy atom. The van der Waals surface area contributed by atoms with E-state index in [1.807, 2.05) is 73.0 Å². The number of rotatable bonds is 6. The highest BCUT2D eigenvalue weighted by Crippen LogP contribution is 2.23. The van der Waals surface area contributed by atoms with Crippen molar-refractivity contribution < 1.29 is 9.53 Å². The van der Waals surface area contributed by atoms with Gasteiger partial charge in [-0.1, -0.05) is 54.6 Å². The Kier molecular flexibility index (Phi) is 7.06. The highest BCUT2D eigenvalue weighted by atomic mass is 32.2. The van der Waals surface area contributed by atoms with Gasteiger partial charge in [0.2, 0.25) is 0 Å². The molecule has 0 aromatic heterocycles. The van der Waals surface area contributed by atoms with Crippen LogP contribution in [0.3, 0.4) is 0 Å². The van der Waals surface area contributed by atoms with Crippen molar-refractivity contribution in [2.24, 2.45) is 0 Å². The average molecular weight is 349 g/mol. The zero-order chi connectivity index (χ0) is 18.1. The zero-order valence-electron chi connectivity index (χ0n) is 14.2. The van der Waals surface area contributed by atoms with E-state index in [1.165, 1.54) is 4.90 Å². The molecule has 3 nitrogen and oxygen atoms in total. The molecule has 0 aliphatic rings. The van der Waals surface area contributed by atoms with Crippen LogP contribution in [0.2, 0.25) is 0 Å². The summed E-state index contributed by atoms with van der Waals surface area (Å²) < 4.78 is 5.02. The van der Waals surface area contributed by atoms with Crippen LogP contribution in [0.4, 0.5) is 0 Å². The third kappa shape index (κ3) is 5.10. The van der Waals surface area contributed by atoms with Crippen molar-refractivity contribution in [3.8, 4) is 6.07 Å². The number of hydrogen-bond acceptors (Lipinski definition) is 4. The van der Waals surface area contributed by atoms with Crippen LogP contribution < -0.4 is 0 Å². The number of carbonyl (C=O) groups excluding carboxylic acids is 1. The molecule has 2 aromatic rings. The molecular weight excluding hydrogens is 330 g/mol. The number of carbonyl (C=O) groups is 1. The van der Waals surface area contributed by atoms with E-state index in [-0.39, 0.29) is 12.2 Å². The molecule has 0 saturated heterocycles. The summed E-state index contributed by atoms with van der Waals surface area (Å²) >= 11 is 1.68. The van der Waals surface area contributed by atoms with Crippen LogP contribution in [0.1, 0.15) is 18.1 Å². The second kappa shape index (κ2) is 9.51. The Bertz CT molecular complexity index is 815. The van der Waals surface area contributed by atoms with Crippen molar-refractivity contribution in [1.82, 2.24) is 0 Å². The smallest absolute Gasteiger partial charge is 0.349 e. The van der Waals surface area contributed by atoms with Gasteiger partial charge in [-0.3, -0.25) is 0 Å². The molecule has 0 aliphatic heterocycles. The van der Waals surface area contributed by atoms with E-state index >= 15 is 0 Å². The van der Waals surface area contributed by atoms with E-state index in [9.17, 15) is 10.1 Å². The van der Waals surface area contributed by atoms with Crippen molar-refractivity contribution in [2.45, 2.75) is 11.8 Å². The molecule has 0 atom stereocenters. The maximum absolute atomic E-state index is 12.1. The molecule has 0 radical (unpaired) electrons. The maximum atomic E-state index is 12.1. The van der Waals surface area contributed by atoms with E-state index in [4.69, 9.17) is 4.74 Å². The van der Waals surface area contributed by atoms with Gasteiger partial charge in [-0.25, -0.2) is 4.79 Å². The van der Waals surface area contributed by atoms with Gasteiger partial charge in [0.05, 0.1) is 6.61 Å². The Morgan fingerprint density at radius 2 is 1.84 bits per heavy atom. The molecular formula is C21H19NO2S. The number of hydrogen-bond donors (Lipinski definition) is 0. The zero-order valence-corrected chi connectivity index (χ0v) is 15.0. The average Bonchev–Trinajstić information content (AvgIpc) is 2.66. The number of esters is 1. The van der Waals surface area contributed by atoms with E-state index in [0.29, 0.717) is 5.57 Å². The number of thioether (sulfide) groups is 1. The summed E-state index contributed by atoms with van der Waals surface area (Å²) in [5.74, 6) is -0.605. The fourth-order valence-corrected chi connectivity index (χ4v) is 2.66. The Morgan fingerprint density at radius 1 is 1.16 bits per heavy atom. The molecule has 0 bridgehead atoms. The first-order valence-corrected chi connectivity index (χ1v) is 9.11. The fourth-order valence-electron chi connectivity index (χ4n) is 2.26. The van der Waals surface area contributed by atoms with Crippen molar-refractivity contribution in [1.29, 1.82) is 5.26 Å². The van der Waals surface area contributed by atoms with Gasteiger partial charge < -0.3 is 4.74 Å². The second-order valence-corrected chi connectivity index (χ2v) is 5.97. The highest BCUT2D eigenvalue weighted by Gasteiger charge is 2.16. The molecule has 0 fully saturated rings. The maximum Gasteiger partial charge on any atom is 0.349 e. The van der Waals surface area contributed by atoms with Crippen molar-refractivity contribution >= 4 is 29.4 Å². The lowest BCUT2D eigenvalue weighted by atomic mass is 9.99. The third-order valence-electron chi connectivity index (χ3n) is 3.50. The summed E-state index contributed by atoms with van der Waals surface area (Å²) in [7, 11) is 0. The monoisotopic (exact) mass is 349 g/mol. The second-order valence-electron chi connectivity index (χ2n) is 5.09. The van der Waals surface area contributed by atoms with Gasteiger partial charge in [0.15, 0.2) is 0 Å². The molecule has 0 heterocycles. The number of nitrogens with zero attached hydrogens (tertiary/aromatic N) is 1. The number of nitriles is 1. The van der Waals surface area contributed by atoms with Gasteiger partial charge in [-0.15, -0.1) is 11.8 Å². The Balaban J connectivity index is 2.46. The summed E-state index contributed by atoms with van der Waals surface area (Å²) in [5.41, 5.74) is 2.34. The lowest BCUT2D eigenvalue weighted by Crippen LogP contribution is -2.08. The topological polar surface area (TPSA) is 50.1 Å². The van der Waals surface area contributed by atoms with Gasteiger partial charge in [0.1, 0.15) is 11.6 Å². The lowest BCUT2D eigenvalue weighted by molar-refractivity contribution is -0.137. The minimum atomic E-state index is -0.605. The van der Waals surface area contributed by atoms with Crippen LogP contribution in [0.25, 0.3) is 11.6 Å². The first-order valence-electron chi connectivity index (χ1n) is 7.88. The normalized spacial score (nSPS) is 11.7. The molecule has 126 valence electrons. The van der Waals surface area contributed by atoms with Gasteiger partial charge in [0, 0.05) is 10.5 Å². The fraction of sp³-hybridized carbons (Fsp3) is 0.143. The minimum absolute atomic E-state index is 0.00466. The largest absolute Gasteiger partial charge is 0.462 e. The summed E-state index contributed by atoms with van der Waals surface area (Å²) in [4.78, 5) is 13.3. The molecule has 2 rings (SSSR count). The molecule has 0 N–H and O–H groups in total. The van der Waals surface area contributed by atoms with E-state index < -0.39 is 5.97 Å². The predicted octanol–water partition coefficient (Wildman–Crippen LogP) is 4.96.